The van der Waals surface area contributed by atoms with E-state index in [1.807, 2.05) is 0 Å². The Labute approximate surface area is 107 Å². The van der Waals surface area contributed by atoms with E-state index in [2.05, 4.69) is 52.0 Å². The van der Waals surface area contributed by atoms with E-state index in [1.54, 1.807) is 11.1 Å². The molecule has 0 spiro atoms. The molecule has 0 bridgehead atoms. The van der Waals surface area contributed by atoms with Crippen LogP contribution in [0.5, 0.6) is 0 Å². The van der Waals surface area contributed by atoms with Crippen molar-refractivity contribution in [3.05, 3.63) is 35.4 Å². The van der Waals surface area contributed by atoms with Crippen molar-refractivity contribution >= 4 is 0 Å². The molecule has 1 atom stereocenters. The van der Waals surface area contributed by atoms with E-state index in [1.165, 1.54) is 32.1 Å². The lowest BCUT2D eigenvalue weighted by atomic mass is 9.84. The quantitative estimate of drug-likeness (QED) is 0.550. The SMILES string of the molecule is CCCCC(CCC)c1ccccc1C(C)C. The average molecular weight is 232 g/mol. The lowest BCUT2D eigenvalue weighted by molar-refractivity contribution is 0.535. The summed E-state index contributed by atoms with van der Waals surface area (Å²) in [5.74, 6) is 1.42. The maximum Gasteiger partial charge on any atom is -0.0159 e. The molecule has 0 aromatic heterocycles. The van der Waals surface area contributed by atoms with Crippen LogP contribution in [0.25, 0.3) is 0 Å². The summed E-state index contributed by atoms with van der Waals surface area (Å²) in [6.45, 7) is 9.21. The van der Waals surface area contributed by atoms with Crippen LogP contribution in [-0.4, -0.2) is 0 Å². The van der Waals surface area contributed by atoms with Crippen LogP contribution in [0.15, 0.2) is 24.3 Å². The largest absolute Gasteiger partial charge is 0.0654 e. The van der Waals surface area contributed by atoms with Crippen LogP contribution in [0.4, 0.5) is 0 Å². The first-order chi connectivity index (χ1) is 8.20. The zero-order chi connectivity index (χ0) is 12.7. The van der Waals surface area contributed by atoms with Gasteiger partial charge in [-0.15, -0.1) is 0 Å². The van der Waals surface area contributed by atoms with Crippen molar-refractivity contribution < 1.29 is 0 Å². The summed E-state index contributed by atoms with van der Waals surface area (Å²) in [6.07, 6.45) is 6.65. The molecule has 1 rings (SSSR count). The molecule has 0 saturated heterocycles. The highest BCUT2D eigenvalue weighted by atomic mass is 14.2. The molecular formula is C17H28. The summed E-state index contributed by atoms with van der Waals surface area (Å²) in [5, 5.41) is 0. The molecular weight excluding hydrogens is 204 g/mol. The summed E-state index contributed by atoms with van der Waals surface area (Å²) in [4.78, 5) is 0. The fourth-order valence-electron chi connectivity index (χ4n) is 2.66. The number of hydrogen-bond donors (Lipinski definition) is 0. The number of rotatable bonds is 7. The molecule has 1 aromatic rings. The molecule has 0 amide bonds. The van der Waals surface area contributed by atoms with Gasteiger partial charge in [0.1, 0.15) is 0 Å². The second-order valence-corrected chi connectivity index (χ2v) is 5.41. The van der Waals surface area contributed by atoms with Gasteiger partial charge in [0.25, 0.3) is 0 Å². The van der Waals surface area contributed by atoms with Crippen LogP contribution in [-0.2, 0) is 0 Å². The first-order valence-electron chi connectivity index (χ1n) is 7.29. The van der Waals surface area contributed by atoms with Crippen LogP contribution < -0.4 is 0 Å². The Morgan fingerprint density at radius 3 is 2.06 bits per heavy atom. The highest BCUT2D eigenvalue weighted by Crippen LogP contribution is 2.32. The number of benzene rings is 1. The molecule has 0 aliphatic rings. The highest BCUT2D eigenvalue weighted by molar-refractivity contribution is 5.32. The molecule has 0 N–H and O–H groups in total. The minimum atomic E-state index is 0.646. The summed E-state index contributed by atoms with van der Waals surface area (Å²) in [7, 11) is 0. The third kappa shape index (κ3) is 4.18. The Morgan fingerprint density at radius 2 is 1.53 bits per heavy atom. The number of hydrogen-bond acceptors (Lipinski definition) is 0. The fourth-order valence-corrected chi connectivity index (χ4v) is 2.66. The lowest BCUT2D eigenvalue weighted by Crippen LogP contribution is -2.04. The first-order valence-corrected chi connectivity index (χ1v) is 7.29. The molecule has 0 heteroatoms. The van der Waals surface area contributed by atoms with Crippen LogP contribution in [0.1, 0.15) is 82.8 Å². The van der Waals surface area contributed by atoms with Crippen LogP contribution in [0.2, 0.25) is 0 Å². The fraction of sp³-hybridized carbons (Fsp3) is 0.647. The summed E-state index contributed by atoms with van der Waals surface area (Å²) in [5.41, 5.74) is 3.17. The normalized spacial score (nSPS) is 13.0. The maximum atomic E-state index is 2.35. The van der Waals surface area contributed by atoms with Crippen molar-refractivity contribution in [2.75, 3.05) is 0 Å². The molecule has 0 radical (unpaired) electrons. The monoisotopic (exact) mass is 232 g/mol. The second-order valence-electron chi connectivity index (χ2n) is 5.41. The Morgan fingerprint density at radius 1 is 0.882 bits per heavy atom. The molecule has 17 heavy (non-hydrogen) atoms. The van der Waals surface area contributed by atoms with Gasteiger partial charge in [0.05, 0.1) is 0 Å². The maximum absolute atomic E-state index is 2.35. The van der Waals surface area contributed by atoms with Crippen molar-refractivity contribution in [1.82, 2.24) is 0 Å². The predicted molar refractivity (Wildman–Crippen MR) is 77.7 cm³/mol. The van der Waals surface area contributed by atoms with E-state index in [4.69, 9.17) is 0 Å². The van der Waals surface area contributed by atoms with Gasteiger partial charge in [-0.25, -0.2) is 0 Å². The van der Waals surface area contributed by atoms with Gasteiger partial charge < -0.3 is 0 Å². The topological polar surface area (TPSA) is 0 Å². The summed E-state index contributed by atoms with van der Waals surface area (Å²) < 4.78 is 0. The molecule has 0 aliphatic carbocycles. The predicted octanol–water partition coefficient (Wildman–Crippen LogP) is 5.88. The van der Waals surface area contributed by atoms with Gasteiger partial charge in [0.15, 0.2) is 0 Å². The standard InChI is InChI=1S/C17H28/c1-5-7-11-15(10-6-2)17-13-9-8-12-16(17)14(3)4/h8-9,12-15H,5-7,10-11H2,1-4H3. The van der Waals surface area contributed by atoms with Crippen molar-refractivity contribution in [2.24, 2.45) is 0 Å². The van der Waals surface area contributed by atoms with Gasteiger partial charge >= 0.3 is 0 Å². The smallest absolute Gasteiger partial charge is 0.0159 e. The minimum absolute atomic E-state index is 0.646. The van der Waals surface area contributed by atoms with E-state index >= 15 is 0 Å². The minimum Gasteiger partial charge on any atom is -0.0654 e. The van der Waals surface area contributed by atoms with Gasteiger partial charge in [-0.1, -0.05) is 71.2 Å². The molecule has 0 saturated carbocycles. The third-order valence-electron chi connectivity index (χ3n) is 3.60. The van der Waals surface area contributed by atoms with Crippen LogP contribution >= 0.6 is 0 Å². The molecule has 0 aliphatic heterocycles. The highest BCUT2D eigenvalue weighted by Gasteiger charge is 2.15. The molecule has 0 nitrogen and oxygen atoms in total. The molecule has 1 unspecified atom stereocenters. The van der Waals surface area contributed by atoms with Gasteiger partial charge in [-0.2, -0.15) is 0 Å². The Bertz CT molecular complexity index is 312. The molecule has 0 fully saturated rings. The van der Waals surface area contributed by atoms with Gasteiger partial charge in [-0.05, 0) is 35.8 Å². The lowest BCUT2D eigenvalue weighted by Gasteiger charge is -2.21. The molecule has 1 aromatic carbocycles. The summed E-state index contributed by atoms with van der Waals surface area (Å²) in [6, 6.07) is 9.05. The molecule has 96 valence electrons. The van der Waals surface area contributed by atoms with Crippen molar-refractivity contribution in [2.45, 2.75) is 71.6 Å². The Balaban J connectivity index is 2.91. The van der Waals surface area contributed by atoms with Crippen LogP contribution in [0, 0.1) is 0 Å². The molecule has 0 heterocycles. The van der Waals surface area contributed by atoms with E-state index in [9.17, 15) is 0 Å². The van der Waals surface area contributed by atoms with Crippen molar-refractivity contribution in [1.29, 1.82) is 0 Å². The van der Waals surface area contributed by atoms with Gasteiger partial charge in [0, 0.05) is 0 Å². The zero-order valence-electron chi connectivity index (χ0n) is 12.0. The zero-order valence-corrected chi connectivity index (χ0v) is 12.0. The summed E-state index contributed by atoms with van der Waals surface area (Å²) >= 11 is 0. The second kappa shape index (κ2) is 7.53. The van der Waals surface area contributed by atoms with Crippen molar-refractivity contribution in [3.8, 4) is 0 Å². The van der Waals surface area contributed by atoms with E-state index in [-0.39, 0.29) is 0 Å². The Hall–Kier alpha value is -0.780. The van der Waals surface area contributed by atoms with E-state index in [0.29, 0.717) is 5.92 Å². The Kier molecular flexibility index (Phi) is 6.32. The van der Waals surface area contributed by atoms with Crippen molar-refractivity contribution in [3.63, 3.8) is 0 Å². The van der Waals surface area contributed by atoms with Gasteiger partial charge in [-0.3, -0.25) is 0 Å². The number of unbranched alkanes of at least 4 members (excludes halogenated alkanes) is 1. The van der Waals surface area contributed by atoms with Crippen LogP contribution in [0.3, 0.4) is 0 Å². The van der Waals surface area contributed by atoms with E-state index in [0.717, 1.165) is 5.92 Å². The van der Waals surface area contributed by atoms with Gasteiger partial charge in [0.2, 0.25) is 0 Å². The average Bonchev–Trinajstić information content (AvgIpc) is 2.34. The van der Waals surface area contributed by atoms with E-state index < -0.39 is 0 Å². The third-order valence-corrected chi connectivity index (χ3v) is 3.60. The first kappa shape index (κ1) is 14.3.